The molecule has 0 fully saturated rings. The predicted octanol–water partition coefficient (Wildman–Crippen LogP) is 3.44. The first kappa shape index (κ1) is 31.8. The molecule has 1 amide bonds. The Morgan fingerprint density at radius 3 is 2.30 bits per heavy atom. The first-order chi connectivity index (χ1) is 20.1. The van der Waals surface area contributed by atoms with Crippen LogP contribution in [0, 0.1) is 5.82 Å². The van der Waals surface area contributed by atoms with Gasteiger partial charge in [0.25, 0.3) is 5.91 Å². The van der Waals surface area contributed by atoms with Gasteiger partial charge in [0.05, 0.1) is 49.5 Å². The third-order valence-electron chi connectivity index (χ3n) is 6.97. The van der Waals surface area contributed by atoms with Gasteiger partial charge in [-0.05, 0) is 56.3 Å². The van der Waals surface area contributed by atoms with E-state index in [2.05, 4.69) is 15.6 Å². The molecule has 0 saturated heterocycles. The number of fused-ring (bicyclic) bond motifs is 1. The first-order valence-corrected chi connectivity index (χ1v) is 13.1. The molecule has 4 rings (SSSR count). The molecule has 0 aliphatic carbocycles. The lowest BCUT2D eigenvalue weighted by Gasteiger charge is -2.31. The number of nitrogens with two attached hydrogens (primary N) is 1. The summed E-state index contributed by atoms with van der Waals surface area (Å²) < 4.78 is 73.4. The number of rotatable bonds is 10. The summed E-state index contributed by atoms with van der Waals surface area (Å²) in [5.74, 6) is -1.43. The van der Waals surface area contributed by atoms with Crippen LogP contribution in [-0.4, -0.2) is 67.3 Å². The number of alkyl halides is 3. The van der Waals surface area contributed by atoms with Crippen LogP contribution in [0.4, 0.5) is 23.2 Å². The average Bonchev–Trinajstić information content (AvgIpc) is 3.27. The van der Waals surface area contributed by atoms with Crippen LogP contribution in [0.5, 0.6) is 17.2 Å². The molecule has 3 unspecified atom stereocenters. The van der Waals surface area contributed by atoms with Gasteiger partial charge in [-0.3, -0.25) is 4.79 Å². The zero-order valence-electron chi connectivity index (χ0n) is 23.8. The second-order valence-corrected chi connectivity index (χ2v) is 10.5. The van der Waals surface area contributed by atoms with Crippen molar-refractivity contribution >= 4 is 11.6 Å². The van der Waals surface area contributed by atoms with E-state index in [0.29, 0.717) is 5.69 Å². The largest absolute Gasteiger partial charge is 0.493 e. The van der Waals surface area contributed by atoms with Crippen LogP contribution in [-0.2, 0) is 11.1 Å². The fourth-order valence-electron chi connectivity index (χ4n) is 4.57. The number of benzene rings is 2. The number of carbonyl (C=O) groups is 1. The van der Waals surface area contributed by atoms with E-state index in [0.717, 1.165) is 18.2 Å². The van der Waals surface area contributed by atoms with Crippen LogP contribution in [0.25, 0.3) is 11.3 Å². The van der Waals surface area contributed by atoms with Crippen molar-refractivity contribution in [1.29, 1.82) is 0 Å². The molecular formula is C29H32F4N4O6. The number of halogens is 4. The lowest BCUT2D eigenvalue weighted by molar-refractivity contribution is -0.265. The number of hydrogen-bond acceptors (Lipinski definition) is 9. The number of nitrogens with one attached hydrogen (secondary N) is 2. The molecule has 6 N–H and O–H groups in total. The number of amides is 1. The summed E-state index contributed by atoms with van der Waals surface area (Å²) in [6.07, 6.45) is -6.13. The third-order valence-corrected chi connectivity index (χ3v) is 6.97. The van der Waals surface area contributed by atoms with Crippen LogP contribution in [0.2, 0.25) is 0 Å². The minimum Gasteiger partial charge on any atom is -0.493 e. The molecule has 1 aliphatic heterocycles. The molecule has 2 heterocycles. The number of pyridine rings is 1. The zero-order valence-corrected chi connectivity index (χ0v) is 23.8. The molecule has 1 aliphatic rings. The minimum atomic E-state index is -5.30. The second-order valence-electron chi connectivity index (χ2n) is 10.5. The standard InChI is InChI=1S/C29H32F4N4O6/c1-15(38)12-43-25-20(41-3)9-17(10-21(25)42-4)26(39)36-14-28(40,29(31,32)33)22-11-19-24(35-13-27(19,2)34)23(37-22)16-5-7-18(30)8-6-16/h5-11,15,35,38,40H,12-14,34H2,1-4H3,(H,36,39). The highest BCUT2D eigenvalue weighted by Crippen LogP contribution is 2.45. The van der Waals surface area contributed by atoms with Crippen LogP contribution in [0.1, 0.15) is 35.5 Å². The van der Waals surface area contributed by atoms with Crippen molar-refractivity contribution in [2.75, 3.05) is 39.2 Å². The van der Waals surface area contributed by atoms with E-state index in [1.807, 2.05) is 0 Å². The maximum absolute atomic E-state index is 14.6. The van der Waals surface area contributed by atoms with Crippen LogP contribution in [0.15, 0.2) is 42.5 Å². The molecule has 0 radical (unpaired) electrons. The zero-order chi connectivity index (χ0) is 31.7. The summed E-state index contributed by atoms with van der Waals surface area (Å²) in [5, 5.41) is 25.9. The number of anilines is 1. The Morgan fingerprint density at radius 1 is 1.16 bits per heavy atom. The van der Waals surface area contributed by atoms with E-state index in [4.69, 9.17) is 19.9 Å². The summed E-state index contributed by atoms with van der Waals surface area (Å²) in [4.78, 5) is 17.3. The number of ether oxygens (including phenoxy) is 3. The number of aliphatic hydroxyl groups is 2. The Bertz CT molecular complexity index is 1470. The Hall–Kier alpha value is -4.14. The fourth-order valence-corrected chi connectivity index (χ4v) is 4.57. The molecule has 0 bridgehead atoms. The normalized spacial score (nSPS) is 18.2. The van der Waals surface area contributed by atoms with Gasteiger partial charge in [0.15, 0.2) is 11.5 Å². The van der Waals surface area contributed by atoms with Crippen molar-refractivity contribution in [3.63, 3.8) is 0 Å². The summed E-state index contributed by atoms with van der Waals surface area (Å²) in [6, 6.07) is 8.45. The molecular weight excluding hydrogens is 576 g/mol. The van der Waals surface area contributed by atoms with Gasteiger partial charge < -0.3 is 40.8 Å². The van der Waals surface area contributed by atoms with E-state index >= 15 is 0 Å². The van der Waals surface area contributed by atoms with Crippen molar-refractivity contribution in [3.8, 4) is 28.5 Å². The van der Waals surface area contributed by atoms with E-state index in [1.165, 1.54) is 45.4 Å². The van der Waals surface area contributed by atoms with Crippen LogP contribution < -0.4 is 30.6 Å². The van der Waals surface area contributed by atoms with Crippen molar-refractivity contribution in [1.82, 2.24) is 10.3 Å². The Morgan fingerprint density at radius 2 is 1.77 bits per heavy atom. The topological polar surface area (TPSA) is 148 Å². The number of nitrogens with zero attached hydrogens (tertiary/aromatic N) is 1. The SMILES string of the molecule is COc1cc(C(=O)NCC(O)(c2cc3c(c(-c4ccc(F)cc4)n2)NCC3(C)N)C(F)(F)F)cc(OC)c1OCC(C)O. The van der Waals surface area contributed by atoms with Crippen molar-refractivity contribution in [3.05, 3.63) is 65.1 Å². The van der Waals surface area contributed by atoms with E-state index in [-0.39, 0.29) is 52.8 Å². The lowest BCUT2D eigenvalue weighted by Crippen LogP contribution is -2.51. The molecule has 232 valence electrons. The highest BCUT2D eigenvalue weighted by molar-refractivity contribution is 5.95. The third kappa shape index (κ3) is 6.31. The molecule has 0 spiro atoms. The van der Waals surface area contributed by atoms with Gasteiger partial charge in [0.1, 0.15) is 12.4 Å². The molecule has 10 nitrogen and oxygen atoms in total. The monoisotopic (exact) mass is 608 g/mol. The predicted molar refractivity (Wildman–Crippen MR) is 149 cm³/mol. The summed E-state index contributed by atoms with van der Waals surface area (Å²) in [6.45, 7) is 1.83. The Labute approximate surface area is 244 Å². The summed E-state index contributed by atoms with van der Waals surface area (Å²) in [5.41, 5.74) is 1.54. The number of hydrogen-bond donors (Lipinski definition) is 5. The van der Waals surface area contributed by atoms with Gasteiger partial charge in [0, 0.05) is 23.2 Å². The highest BCUT2D eigenvalue weighted by Gasteiger charge is 2.57. The number of aliphatic hydroxyl groups excluding tert-OH is 1. The second kappa shape index (κ2) is 11.9. The summed E-state index contributed by atoms with van der Waals surface area (Å²) >= 11 is 0. The molecule has 3 aromatic rings. The minimum absolute atomic E-state index is 0.0233. The lowest BCUT2D eigenvalue weighted by atomic mass is 9.89. The molecule has 0 saturated carbocycles. The van der Waals surface area contributed by atoms with Crippen LogP contribution in [0.3, 0.4) is 0 Å². The molecule has 43 heavy (non-hydrogen) atoms. The van der Waals surface area contributed by atoms with Crippen molar-refractivity contribution in [2.24, 2.45) is 5.73 Å². The van der Waals surface area contributed by atoms with E-state index < -0.39 is 47.4 Å². The smallest absolute Gasteiger partial charge is 0.424 e. The average molecular weight is 609 g/mol. The Kier molecular flexibility index (Phi) is 8.77. The van der Waals surface area contributed by atoms with Gasteiger partial charge in [-0.15, -0.1) is 0 Å². The van der Waals surface area contributed by atoms with Gasteiger partial charge in [-0.25, -0.2) is 9.37 Å². The highest BCUT2D eigenvalue weighted by atomic mass is 19.4. The molecule has 1 aromatic heterocycles. The molecule has 14 heteroatoms. The molecule has 3 atom stereocenters. The number of carbonyl (C=O) groups excluding carboxylic acids is 1. The fraction of sp³-hybridized carbons (Fsp3) is 0.379. The van der Waals surface area contributed by atoms with Gasteiger partial charge >= 0.3 is 6.18 Å². The number of aromatic nitrogens is 1. The Balaban J connectivity index is 1.73. The maximum Gasteiger partial charge on any atom is 0.424 e. The summed E-state index contributed by atoms with van der Waals surface area (Å²) in [7, 11) is 2.57. The molecule has 2 aromatic carbocycles. The van der Waals surface area contributed by atoms with Crippen molar-refractivity contribution in [2.45, 2.75) is 37.3 Å². The van der Waals surface area contributed by atoms with Crippen molar-refractivity contribution < 1.29 is 46.8 Å². The quantitative estimate of drug-likeness (QED) is 0.218. The van der Waals surface area contributed by atoms with Gasteiger partial charge in [-0.1, -0.05) is 0 Å². The van der Waals surface area contributed by atoms with Gasteiger partial charge in [-0.2, -0.15) is 13.2 Å². The first-order valence-electron chi connectivity index (χ1n) is 13.1. The van der Waals surface area contributed by atoms with E-state index in [9.17, 15) is 32.6 Å². The van der Waals surface area contributed by atoms with E-state index in [1.54, 1.807) is 6.92 Å². The van der Waals surface area contributed by atoms with Crippen LogP contribution >= 0.6 is 0 Å². The number of methoxy groups -OCH3 is 2. The van der Waals surface area contributed by atoms with Gasteiger partial charge in [0.2, 0.25) is 11.4 Å². The maximum atomic E-state index is 14.6.